The highest BCUT2D eigenvalue weighted by molar-refractivity contribution is 7.98. The van der Waals surface area contributed by atoms with Gasteiger partial charge in [-0.25, -0.2) is 9.59 Å². The van der Waals surface area contributed by atoms with Gasteiger partial charge < -0.3 is 25.8 Å². The maximum Gasteiger partial charge on any atom is 0.408 e. The third-order valence-corrected chi connectivity index (χ3v) is 6.82. The number of carboxylic acid groups (broad SMARTS) is 1. The summed E-state index contributed by atoms with van der Waals surface area (Å²) in [7, 11) is 0. The van der Waals surface area contributed by atoms with Crippen LogP contribution in [0.5, 0.6) is 0 Å². The minimum Gasteiger partial charge on any atom is -0.480 e. The lowest BCUT2D eigenvalue weighted by Gasteiger charge is -2.30. The van der Waals surface area contributed by atoms with E-state index in [0.29, 0.717) is 32.2 Å². The molecule has 0 bridgehead atoms. The quantitative estimate of drug-likeness (QED) is 0.323. The van der Waals surface area contributed by atoms with Crippen molar-refractivity contribution in [2.45, 2.75) is 90.8 Å². The van der Waals surface area contributed by atoms with Crippen molar-refractivity contribution in [3.05, 3.63) is 0 Å². The summed E-state index contributed by atoms with van der Waals surface area (Å²) in [5, 5.41) is 17.7. The molecule has 0 heterocycles. The summed E-state index contributed by atoms with van der Waals surface area (Å²) in [5.41, 5.74) is -0.644. The Morgan fingerprint density at radius 2 is 1.71 bits per heavy atom. The molecule has 9 nitrogen and oxygen atoms in total. The molecule has 34 heavy (non-hydrogen) atoms. The minimum absolute atomic E-state index is 0.138. The van der Waals surface area contributed by atoms with Crippen molar-refractivity contribution in [2.24, 2.45) is 17.8 Å². The van der Waals surface area contributed by atoms with E-state index in [9.17, 15) is 24.3 Å². The van der Waals surface area contributed by atoms with Gasteiger partial charge in [0, 0.05) is 12.5 Å². The van der Waals surface area contributed by atoms with Crippen LogP contribution in [-0.4, -0.2) is 65.2 Å². The van der Waals surface area contributed by atoms with E-state index in [0.717, 1.165) is 18.6 Å². The van der Waals surface area contributed by atoms with E-state index < -0.39 is 29.7 Å². The van der Waals surface area contributed by atoms with Crippen molar-refractivity contribution in [3.8, 4) is 0 Å². The Morgan fingerprint density at radius 1 is 1.09 bits per heavy atom. The first-order valence-corrected chi connectivity index (χ1v) is 13.6. The Balaban J connectivity index is 2.53. The van der Waals surface area contributed by atoms with Crippen LogP contribution in [0.4, 0.5) is 4.79 Å². The van der Waals surface area contributed by atoms with E-state index in [2.05, 4.69) is 16.0 Å². The number of hydrogen-bond donors (Lipinski definition) is 4. The second-order valence-electron chi connectivity index (χ2n) is 10.2. The summed E-state index contributed by atoms with van der Waals surface area (Å²) < 4.78 is 5.28. The van der Waals surface area contributed by atoms with Crippen molar-refractivity contribution in [3.63, 3.8) is 0 Å². The van der Waals surface area contributed by atoms with E-state index in [4.69, 9.17) is 4.74 Å². The van der Waals surface area contributed by atoms with E-state index in [-0.39, 0.29) is 29.6 Å². The van der Waals surface area contributed by atoms with Gasteiger partial charge in [-0.2, -0.15) is 11.8 Å². The number of rotatable bonds is 12. The van der Waals surface area contributed by atoms with Crippen LogP contribution in [-0.2, 0) is 19.1 Å². The predicted molar refractivity (Wildman–Crippen MR) is 134 cm³/mol. The molecule has 0 aromatic rings. The molecule has 3 atom stereocenters. The zero-order valence-electron chi connectivity index (χ0n) is 21.4. The number of carbonyl (C=O) groups excluding carboxylic acids is 3. The number of alkyl carbamates (subject to hydrolysis) is 1. The van der Waals surface area contributed by atoms with Gasteiger partial charge in [-0.1, -0.05) is 20.3 Å². The Hall–Kier alpha value is -1.97. The first-order valence-electron chi connectivity index (χ1n) is 12.2. The van der Waals surface area contributed by atoms with E-state index in [1.54, 1.807) is 32.5 Å². The van der Waals surface area contributed by atoms with Crippen molar-refractivity contribution < 1.29 is 29.0 Å². The standard InChI is InChI=1S/C24H43N3O6S/c1-7-15(2)19(22(30)31)27-20(28)17-10-8-16(9-11-17)14-25-21(29)18(12-13-34-6)26-23(32)33-24(3,4)5/h15-19H,7-14H2,1-6H3,(H,25,29)(H,26,32)(H,27,28)(H,30,31)/t15-,16?,17?,18-,19-/m0/s1. The van der Waals surface area contributed by atoms with Gasteiger partial charge in [-0.15, -0.1) is 0 Å². The fraction of sp³-hybridized carbons (Fsp3) is 0.833. The Morgan fingerprint density at radius 3 is 2.21 bits per heavy atom. The van der Waals surface area contributed by atoms with Crippen molar-refractivity contribution >= 4 is 35.6 Å². The van der Waals surface area contributed by atoms with Crippen molar-refractivity contribution in [1.82, 2.24) is 16.0 Å². The average molecular weight is 502 g/mol. The zero-order valence-corrected chi connectivity index (χ0v) is 22.3. The van der Waals surface area contributed by atoms with Crippen molar-refractivity contribution in [1.29, 1.82) is 0 Å². The van der Waals surface area contributed by atoms with Gasteiger partial charge in [-0.3, -0.25) is 9.59 Å². The molecule has 1 aliphatic rings. The summed E-state index contributed by atoms with van der Waals surface area (Å²) in [6, 6.07) is -1.54. The van der Waals surface area contributed by atoms with Crippen molar-refractivity contribution in [2.75, 3.05) is 18.6 Å². The number of ether oxygens (including phenoxy) is 1. The lowest BCUT2D eigenvalue weighted by Crippen LogP contribution is -2.50. The first-order chi connectivity index (χ1) is 15.9. The van der Waals surface area contributed by atoms with E-state index in [1.165, 1.54) is 0 Å². The summed E-state index contributed by atoms with van der Waals surface area (Å²) >= 11 is 1.60. The monoisotopic (exact) mass is 501 g/mol. The molecule has 0 spiro atoms. The zero-order chi connectivity index (χ0) is 25.9. The molecule has 196 valence electrons. The smallest absolute Gasteiger partial charge is 0.408 e. The number of carboxylic acids is 1. The molecule has 1 saturated carbocycles. The average Bonchev–Trinajstić information content (AvgIpc) is 2.76. The van der Waals surface area contributed by atoms with Gasteiger partial charge in [0.2, 0.25) is 11.8 Å². The SMILES string of the molecule is CC[C@H](C)[C@H](NC(=O)C1CCC(CNC(=O)[C@H](CCSC)NC(=O)OC(C)(C)C)CC1)C(=O)O. The highest BCUT2D eigenvalue weighted by Gasteiger charge is 2.32. The van der Waals surface area contributed by atoms with Gasteiger partial charge in [0.1, 0.15) is 17.7 Å². The maximum atomic E-state index is 12.7. The second-order valence-corrected chi connectivity index (χ2v) is 11.1. The lowest BCUT2D eigenvalue weighted by molar-refractivity contribution is -0.144. The van der Waals surface area contributed by atoms with E-state index >= 15 is 0 Å². The third kappa shape index (κ3) is 11.0. The molecular weight excluding hydrogens is 458 g/mol. The molecule has 1 fully saturated rings. The number of thioether (sulfide) groups is 1. The van der Waals surface area contributed by atoms with Gasteiger partial charge >= 0.3 is 12.1 Å². The van der Waals surface area contributed by atoms with Gasteiger partial charge in [0.05, 0.1) is 0 Å². The highest BCUT2D eigenvalue weighted by atomic mass is 32.2. The predicted octanol–water partition coefficient (Wildman–Crippen LogP) is 3.17. The van der Waals surface area contributed by atoms with Crippen LogP contribution in [0.25, 0.3) is 0 Å². The molecule has 0 aromatic heterocycles. The molecule has 0 aliphatic heterocycles. The molecule has 1 aliphatic carbocycles. The fourth-order valence-corrected chi connectivity index (χ4v) is 4.38. The van der Waals surface area contributed by atoms with Crippen LogP contribution in [0.3, 0.4) is 0 Å². The topological polar surface area (TPSA) is 134 Å². The minimum atomic E-state index is -1.00. The molecule has 0 unspecified atom stereocenters. The van der Waals surface area contributed by atoms with Crippen LogP contribution in [0.2, 0.25) is 0 Å². The van der Waals surface area contributed by atoms with Crippen LogP contribution in [0, 0.1) is 17.8 Å². The Kier molecular flexibility index (Phi) is 12.8. The highest BCUT2D eigenvalue weighted by Crippen LogP contribution is 2.29. The van der Waals surface area contributed by atoms with E-state index in [1.807, 2.05) is 20.1 Å². The number of hydrogen-bond acceptors (Lipinski definition) is 6. The molecule has 3 amide bonds. The first kappa shape index (κ1) is 30.1. The van der Waals surface area contributed by atoms with Gasteiger partial charge in [-0.05, 0) is 76.7 Å². The molecule has 0 saturated heterocycles. The molecule has 1 rings (SSSR count). The molecule has 10 heteroatoms. The van der Waals surface area contributed by atoms with Crippen LogP contribution in [0.1, 0.15) is 73.1 Å². The van der Waals surface area contributed by atoms with Gasteiger partial charge in [0.25, 0.3) is 0 Å². The molecule has 4 N–H and O–H groups in total. The second kappa shape index (κ2) is 14.4. The summed E-state index contributed by atoms with van der Waals surface area (Å²) in [6.45, 7) is 9.51. The van der Waals surface area contributed by atoms with Crippen LogP contribution >= 0.6 is 11.8 Å². The number of nitrogens with one attached hydrogen (secondary N) is 3. The normalized spacial score (nSPS) is 21.0. The number of aliphatic carboxylic acids is 1. The summed E-state index contributed by atoms with van der Waals surface area (Å²) in [5.74, 6) is -0.827. The third-order valence-electron chi connectivity index (χ3n) is 6.18. The Labute approximate surface area is 207 Å². The van der Waals surface area contributed by atoms with Gasteiger partial charge in [0.15, 0.2) is 0 Å². The molecular formula is C24H43N3O6S. The van der Waals surface area contributed by atoms with Crippen LogP contribution < -0.4 is 16.0 Å². The Bertz CT molecular complexity index is 689. The lowest BCUT2D eigenvalue weighted by atomic mass is 9.81. The number of carbonyl (C=O) groups is 4. The molecule has 0 aromatic carbocycles. The fourth-order valence-electron chi connectivity index (χ4n) is 3.91. The van der Waals surface area contributed by atoms with Crippen LogP contribution in [0.15, 0.2) is 0 Å². The summed E-state index contributed by atoms with van der Waals surface area (Å²) in [6.07, 6.45) is 5.36. The largest absolute Gasteiger partial charge is 0.480 e. The maximum absolute atomic E-state index is 12.7. The molecule has 0 radical (unpaired) electrons. The number of amides is 3. The summed E-state index contributed by atoms with van der Waals surface area (Å²) in [4.78, 5) is 48.9.